The summed E-state index contributed by atoms with van der Waals surface area (Å²) in [6.07, 6.45) is 1.42. The first kappa shape index (κ1) is 13.7. The standard InChI is InChI=1S/C10H16F3NOS/c11-10(12,13)7-14-9(15)6-16-8-4-2-1-3-5-8/h8H,1-7H2,(H,14,15). The number of hydrogen-bond acceptors (Lipinski definition) is 2. The molecule has 0 aromatic rings. The van der Waals surface area contributed by atoms with E-state index in [2.05, 4.69) is 0 Å². The van der Waals surface area contributed by atoms with Crippen LogP contribution in [0.5, 0.6) is 0 Å². The van der Waals surface area contributed by atoms with Crippen LogP contribution in [-0.2, 0) is 4.79 Å². The molecule has 1 rings (SSSR count). The molecule has 0 radical (unpaired) electrons. The Morgan fingerprint density at radius 3 is 2.44 bits per heavy atom. The molecule has 0 aliphatic heterocycles. The van der Waals surface area contributed by atoms with Crippen LogP contribution in [0.4, 0.5) is 13.2 Å². The zero-order valence-electron chi connectivity index (χ0n) is 8.98. The maximum absolute atomic E-state index is 11.8. The fourth-order valence-electron chi connectivity index (χ4n) is 1.68. The van der Waals surface area contributed by atoms with E-state index in [1.165, 1.54) is 31.0 Å². The minimum absolute atomic E-state index is 0.140. The summed E-state index contributed by atoms with van der Waals surface area (Å²) in [5, 5.41) is 2.33. The van der Waals surface area contributed by atoms with Gasteiger partial charge < -0.3 is 5.32 Å². The van der Waals surface area contributed by atoms with E-state index in [-0.39, 0.29) is 5.75 Å². The third-order valence-electron chi connectivity index (χ3n) is 2.49. The van der Waals surface area contributed by atoms with Gasteiger partial charge in [-0.2, -0.15) is 13.2 Å². The summed E-state index contributed by atoms with van der Waals surface area (Å²) in [5.41, 5.74) is 0. The molecule has 0 atom stereocenters. The molecule has 94 valence electrons. The Kier molecular flexibility index (Phi) is 5.44. The summed E-state index contributed by atoms with van der Waals surface area (Å²) >= 11 is 1.48. The molecule has 0 unspecified atom stereocenters. The van der Waals surface area contributed by atoms with Crippen molar-refractivity contribution in [1.82, 2.24) is 5.32 Å². The topological polar surface area (TPSA) is 29.1 Å². The number of carbonyl (C=O) groups excluding carboxylic acids is 1. The number of hydrogen-bond donors (Lipinski definition) is 1. The Bertz CT molecular complexity index is 227. The lowest BCUT2D eigenvalue weighted by molar-refractivity contribution is -0.136. The highest BCUT2D eigenvalue weighted by molar-refractivity contribution is 8.00. The van der Waals surface area contributed by atoms with Crippen LogP contribution in [0.15, 0.2) is 0 Å². The first-order valence-corrected chi connectivity index (χ1v) is 6.47. The Morgan fingerprint density at radius 1 is 1.25 bits per heavy atom. The zero-order valence-corrected chi connectivity index (χ0v) is 9.79. The Hall–Kier alpha value is -0.390. The third kappa shape index (κ3) is 6.25. The molecule has 2 nitrogen and oxygen atoms in total. The second kappa shape index (κ2) is 6.37. The van der Waals surface area contributed by atoms with E-state index >= 15 is 0 Å². The average molecular weight is 255 g/mol. The smallest absolute Gasteiger partial charge is 0.346 e. The number of rotatable bonds is 4. The number of carbonyl (C=O) groups is 1. The predicted octanol–water partition coefficient (Wildman–Crippen LogP) is 2.73. The van der Waals surface area contributed by atoms with Gasteiger partial charge >= 0.3 is 6.18 Å². The summed E-state index contributed by atoms with van der Waals surface area (Å²) in [4.78, 5) is 11.1. The van der Waals surface area contributed by atoms with Crippen LogP contribution < -0.4 is 5.32 Å². The molecule has 1 aliphatic rings. The molecule has 1 amide bonds. The molecule has 1 fully saturated rings. The lowest BCUT2D eigenvalue weighted by Crippen LogP contribution is -2.35. The van der Waals surface area contributed by atoms with Gasteiger partial charge in [-0.25, -0.2) is 0 Å². The van der Waals surface area contributed by atoms with E-state index in [0.717, 1.165) is 12.8 Å². The van der Waals surface area contributed by atoms with Crippen LogP contribution in [0.3, 0.4) is 0 Å². The second-order valence-electron chi connectivity index (χ2n) is 3.96. The maximum Gasteiger partial charge on any atom is 0.405 e. The highest BCUT2D eigenvalue weighted by Gasteiger charge is 2.27. The van der Waals surface area contributed by atoms with Gasteiger partial charge in [0.05, 0.1) is 5.75 Å². The van der Waals surface area contributed by atoms with Gasteiger partial charge in [0.25, 0.3) is 0 Å². The van der Waals surface area contributed by atoms with Crippen LogP contribution >= 0.6 is 11.8 Å². The van der Waals surface area contributed by atoms with Gasteiger partial charge in [0, 0.05) is 5.25 Å². The summed E-state index contributed by atoms with van der Waals surface area (Å²) in [6, 6.07) is 0. The summed E-state index contributed by atoms with van der Waals surface area (Å²) in [7, 11) is 0. The lowest BCUT2D eigenvalue weighted by atomic mass is 10.0. The van der Waals surface area contributed by atoms with Gasteiger partial charge in [0.15, 0.2) is 0 Å². The van der Waals surface area contributed by atoms with Crippen molar-refractivity contribution in [3.63, 3.8) is 0 Å². The van der Waals surface area contributed by atoms with Crippen molar-refractivity contribution in [2.24, 2.45) is 0 Å². The van der Waals surface area contributed by atoms with Crippen molar-refractivity contribution in [1.29, 1.82) is 0 Å². The Morgan fingerprint density at radius 2 is 1.88 bits per heavy atom. The van der Waals surface area contributed by atoms with Crippen molar-refractivity contribution >= 4 is 17.7 Å². The van der Waals surface area contributed by atoms with Crippen molar-refractivity contribution in [2.75, 3.05) is 12.3 Å². The molecule has 0 heterocycles. The average Bonchev–Trinajstić information content (AvgIpc) is 2.24. The minimum Gasteiger partial charge on any atom is -0.346 e. The largest absolute Gasteiger partial charge is 0.405 e. The zero-order chi connectivity index (χ0) is 12.0. The van der Waals surface area contributed by atoms with Crippen molar-refractivity contribution in [2.45, 2.75) is 43.5 Å². The number of thioether (sulfide) groups is 1. The normalized spacial score (nSPS) is 18.4. The fraction of sp³-hybridized carbons (Fsp3) is 0.900. The molecule has 0 aromatic heterocycles. The summed E-state index contributed by atoms with van der Waals surface area (Å²) in [6.45, 7) is -1.23. The van der Waals surface area contributed by atoms with Gasteiger partial charge in [-0.1, -0.05) is 19.3 Å². The van der Waals surface area contributed by atoms with E-state index in [0.29, 0.717) is 5.25 Å². The van der Waals surface area contributed by atoms with Gasteiger partial charge in [-0.05, 0) is 12.8 Å². The van der Waals surface area contributed by atoms with Crippen LogP contribution in [0, 0.1) is 0 Å². The molecular formula is C10H16F3NOS. The third-order valence-corrected chi connectivity index (χ3v) is 3.86. The highest BCUT2D eigenvalue weighted by Crippen LogP contribution is 2.27. The Labute approximate surface area is 97.3 Å². The predicted molar refractivity (Wildman–Crippen MR) is 58.4 cm³/mol. The van der Waals surface area contributed by atoms with E-state index in [1.807, 2.05) is 5.32 Å². The molecule has 0 aromatic carbocycles. The van der Waals surface area contributed by atoms with E-state index < -0.39 is 18.6 Å². The van der Waals surface area contributed by atoms with Crippen molar-refractivity contribution in [3.05, 3.63) is 0 Å². The molecule has 1 aliphatic carbocycles. The molecule has 0 bridgehead atoms. The molecule has 16 heavy (non-hydrogen) atoms. The minimum atomic E-state index is -4.31. The number of alkyl halides is 3. The van der Waals surface area contributed by atoms with E-state index in [1.54, 1.807) is 0 Å². The van der Waals surface area contributed by atoms with Crippen molar-refractivity contribution < 1.29 is 18.0 Å². The monoisotopic (exact) mass is 255 g/mol. The van der Waals surface area contributed by atoms with Crippen molar-refractivity contribution in [3.8, 4) is 0 Å². The van der Waals surface area contributed by atoms with Gasteiger partial charge in [0.1, 0.15) is 6.54 Å². The fourth-order valence-corrected chi connectivity index (χ4v) is 2.83. The number of nitrogens with one attached hydrogen (secondary N) is 1. The molecular weight excluding hydrogens is 239 g/mol. The Balaban J connectivity index is 2.09. The molecule has 1 saturated carbocycles. The second-order valence-corrected chi connectivity index (χ2v) is 5.25. The van der Waals surface area contributed by atoms with Crippen LogP contribution in [0.1, 0.15) is 32.1 Å². The number of halogens is 3. The van der Waals surface area contributed by atoms with Crippen LogP contribution in [0.2, 0.25) is 0 Å². The first-order chi connectivity index (χ1) is 7.47. The molecule has 0 saturated heterocycles. The van der Waals surface area contributed by atoms with Crippen LogP contribution in [-0.4, -0.2) is 29.6 Å². The lowest BCUT2D eigenvalue weighted by Gasteiger charge is -2.20. The highest BCUT2D eigenvalue weighted by atomic mass is 32.2. The van der Waals surface area contributed by atoms with Crippen LogP contribution in [0.25, 0.3) is 0 Å². The molecule has 0 spiro atoms. The SMILES string of the molecule is O=C(CSC1CCCCC1)NCC(F)(F)F. The van der Waals surface area contributed by atoms with Gasteiger partial charge in [0.2, 0.25) is 5.91 Å². The first-order valence-electron chi connectivity index (χ1n) is 5.42. The van der Waals surface area contributed by atoms with Gasteiger partial charge in [-0.3, -0.25) is 4.79 Å². The van der Waals surface area contributed by atoms with E-state index in [4.69, 9.17) is 0 Å². The summed E-state index contributed by atoms with van der Waals surface area (Å²) in [5.74, 6) is -0.381. The number of amides is 1. The van der Waals surface area contributed by atoms with E-state index in [9.17, 15) is 18.0 Å². The quantitative estimate of drug-likeness (QED) is 0.837. The maximum atomic E-state index is 11.8. The molecule has 1 N–H and O–H groups in total. The molecule has 6 heteroatoms. The van der Waals surface area contributed by atoms with Gasteiger partial charge in [-0.15, -0.1) is 11.8 Å². The summed E-state index contributed by atoms with van der Waals surface area (Å²) < 4.78 is 35.4.